The number of hydrogen-bond donors (Lipinski definition) is 0. The number of isocyanates is 1. The topological polar surface area (TPSA) is 47.9 Å². The van der Waals surface area contributed by atoms with E-state index in [4.69, 9.17) is 21.1 Å². The molecule has 0 amide bonds. The maximum atomic E-state index is 10.6. The highest BCUT2D eigenvalue weighted by Crippen LogP contribution is 2.52. The van der Waals surface area contributed by atoms with Crippen LogP contribution >= 0.6 is 11.6 Å². The van der Waals surface area contributed by atoms with Crippen LogP contribution in [0.3, 0.4) is 0 Å². The Morgan fingerprint density at radius 1 is 1.39 bits per heavy atom. The lowest BCUT2D eigenvalue weighted by molar-refractivity contribution is 0.173. The molecule has 0 saturated heterocycles. The summed E-state index contributed by atoms with van der Waals surface area (Å²) in [6.07, 6.45) is 4.43. The molecule has 0 N–H and O–H groups in total. The molecule has 1 fully saturated rings. The smallest absolute Gasteiger partial charge is 0.235 e. The molecule has 18 heavy (non-hydrogen) atoms. The third kappa shape index (κ3) is 1.46. The summed E-state index contributed by atoms with van der Waals surface area (Å²) in [6.45, 7) is 2.13. The summed E-state index contributed by atoms with van der Waals surface area (Å²) in [6, 6.07) is 1.84. The van der Waals surface area contributed by atoms with Crippen molar-refractivity contribution in [3.05, 3.63) is 22.2 Å². The number of fused-ring (bicyclic) bond motifs is 1. The van der Waals surface area contributed by atoms with Crippen LogP contribution in [-0.2, 0) is 10.3 Å². The van der Waals surface area contributed by atoms with Gasteiger partial charge in [-0.1, -0.05) is 11.6 Å². The number of nitrogens with zero attached hydrogens (tertiary/aromatic N) is 1. The van der Waals surface area contributed by atoms with Crippen LogP contribution in [0, 0.1) is 6.92 Å². The fourth-order valence-electron chi connectivity index (χ4n) is 2.68. The number of ether oxygens (including phenoxy) is 2. The first kappa shape index (κ1) is 11.6. The van der Waals surface area contributed by atoms with Gasteiger partial charge in [-0.05, 0) is 37.8 Å². The van der Waals surface area contributed by atoms with Crippen molar-refractivity contribution in [3.63, 3.8) is 0 Å². The molecule has 0 aromatic heterocycles. The van der Waals surface area contributed by atoms with E-state index in [1.54, 1.807) is 6.08 Å². The van der Waals surface area contributed by atoms with Crippen molar-refractivity contribution in [1.82, 2.24) is 0 Å². The quantitative estimate of drug-likeness (QED) is 0.610. The molecular weight excluding hydrogens is 254 g/mol. The van der Waals surface area contributed by atoms with Crippen molar-refractivity contribution in [2.24, 2.45) is 4.99 Å². The Kier molecular flexibility index (Phi) is 2.58. The lowest BCUT2D eigenvalue weighted by atomic mass is 9.71. The zero-order valence-electron chi connectivity index (χ0n) is 9.96. The van der Waals surface area contributed by atoms with Crippen LogP contribution < -0.4 is 9.47 Å². The standard InChI is InChI=1S/C13H12ClNO3/c1-8-9(13(15-6-16)3-2-4-13)5-10(14)12-11(8)17-7-18-12/h5H,2-4,7H2,1H3. The second-order valence-corrected chi connectivity index (χ2v) is 5.09. The summed E-state index contributed by atoms with van der Waals surface area (Å²) in [5, 5.41) is 0.510. The molecule has 0 bridgehead atoms. The maximum absolute atomic E-state index is 10.6. The van der Waals surface area contributed by atoms with Crippen molar-refractivity contribution < 1.29 is 14.3 Å². The van der Waals surface area contributed by atoms with Gasteiger partial charge in [0.1, 0.15) is 0 Å². The fraction of sp³-hybridized carbons (Fsp3) is 0.462. The summed E-state index contributed by atoms with van der Waals surface area (Å²) >= 11 is 6.19. The summed E-state index contributed by atoms with van der Waals surface area (Å²) < 4.78 is 10.8. The minimum absolute atomic E-state index is 0.184. The highest BCUT2D eigenvalue weighted by molar-refractivity contribution is 6.32. The molecule has 0 atom stereocenters. The third-order valence-electron chi connectivity index (χ3n) is 3.79. The van der Waals surface area contributed by atoms with E-state index in [-0.39, 0.29) is 6.79 Å². The average molecular weight is 266 g/mol. The molecule has 0 unspecified atom stereocenters. The van der Waals surface area contributed by atoms with Gasteiger partial charge in [0.25, 0.3) is 0 Å². The van der Waals surface area contributed by atoms with Crippen molar-refractivity contribution >= 4 is 17.7 Å². The Morgan fingerprint density at radius 2 is 2.11 bits per heavy atom. The maximum Gasteiger partial charge on any atom is 0.235 e. The molecule has 1 heterocycles. The molecule has 4 nitrogen and oxygen atoms in total. The van der Waals surface area contributed by atoms with E-state index in [0.717, 1.165) is 30.4 Å². The van der Waals surface area contributed by atoms with Gasteiger partial charge >= 0.3 is 0 Å². The molecule has 3 rings (SSSR count). The Labute approximate surface area is 110 Å². The first-order valence-corrected chi connectivity index (χ1v) is 6.24. The summed E-state index contributed by atoms with van der Waals surface area (Å²) in [5.74, 6) is 1.26. The van der Waals surface area contributed by atoms with Gasteiger partial charge < -0.3 is 9.47 Å². The van der Waals surface area contributed by atoms with Crippen molar-refractivity contribution in [2.45, 2.75) is 31.7 Å². The number of benzene rings is 1. The van der Waals surface area contributed by atoms with Crippen LogP contribution in [0.2, 0.25) is 5.02 Å². The normalized spacial score (nSPS) is 19.0. The molecule has 1 aromatic rings. The number of halogens is 1. The monoisotopic (exact) mass is 265 g/mol. The molecular formula is C13H12ClNO3. The highest BCUT2D eigenvalue weighted by Gasteiger charge is 2.42. The van der Waals surface area contributed by atoms with Crippen LogP contribution in [0.25, 0.3) is 0 Å². The largest absolute Gasteiger partial charge is 0.453 e. The Morgan fingerprint density at radius 3 is 2.72 bits per heavy atom. The van der Waals surface area contributed by atoms with E-state index in [1.807, 2.05) is 13.0 Å². The lowest BCUT2D eigenvalue weighted by Crippen LogP contribution is -2.32. The number of aliphatic imine (C=N–C) groups is 1. The zero-order chi connectivity index (χ0) is 12.8. The van der Waals surface area contributed by atoms with Crippen molar-refractivity contribution in [2.75, 3.05) is 6.79 Å². The molecule has 94 valence electrons. The fourth-order valence-corrected chi connectivity index (χ4v) is 2.93. The van der Waals surface area contributed by atoms with Crippen LogP contribution in [0.1, 0.15) is 30.4 Å². The van der Waals surface area contributed by atoms with Gasteiger partial charge in [-0.25, -0.2) is 4.79 Å². The predicted molar refractivity (Wildman–Crippen MR) is 66.0 cm³/mol. The van der Waals surface area contributed by atoms with Crippen LogP contribution in [0.5, 0.6) is 11.5 Å². The van der Waals surface area contributed by atoms with Gasteiger partial charge in [0.2, 0.25) is 12.9 Å². The van der Waals surface area contributed by atoms with E-state index < -0.39 is 5.54 Å². The van der Waals surface area contributed by atoms with Crippen LogP contribution in [0.4, 0.5) is 0 Å². The highest BCUT2D eigenvalue weighted by atomic mass is 35.5. The Hall–Kier alpha value is -1.51. The van der Waals surface area contributed by atoms with Gasteiger partial charge in [-0.2, -0.15) is 4.99 Å². The van der Waals surface area contributed by atoms with Gasteiger partial charge in [-0.3, -0.25) is 0 Å². The molecule has 1 aliphatic carbocycles. The second-order valence-electron chi connectivity index (χ2n) is 4.68. The van der Waals surface area contributed by atoms with Crippen molar-refractivity contribution in [3.8, 4) is 11.5 Å². The zero-order valence-corrected chi connectivity index (χ0v) is 10.7. The van der Waals surface area contributed by atoms with E-state index >= 15 is 0 Å². The molecule has 1 aromatic carbocycles. The average Bonchev–Trinajstić information content (AvgIpc) is 2.78. The summed E-state index contributed by atoms with van der Waals surface area (Å²) in [4.78, 5) is 14.6. The van der Waals surface area contributed by atoms with Crippen LogP contribution in [-0.4, -0.2) is 12.9 Å². The van der Waals surface area contributed by atoms with E-state index in [0.29, 0.717) is 16.5 Å². The SMILES string of the molecule is Cc1c(C2(N=C=O)CCC2)cc(Cl)c2c1OCO2. The van der Waals surface area contributed by atoms with Gasteiger partial charge in [-0.15, -0.1) is 0 Å². The Bertz CT molecular complexity index is 560. The first-order valence-electron chi connectivity index (χ1n) is 5.86. The number of rotatable bonds is 2. The van der Waals surface area contributed by atoms with Crippen molar-refractivity contribution in [1.29, 1.82) is 0 Å². The minimum atomic E-state index is -0.462. The molecule has 1 aliphatic heterocycles. The number of carbonyl (C=O) groups excluding carboxylic acids is 1. The number of hydrogen-bond acceptors (Lipinski definition) is 4. The third-order valence-corrected chi connectivity index (χ3v) is 4.07. The molecule has 2 aliphatic rings. The first-order chi connectivity index (χ1) is 8.68. The Balaban J connectivity index is 2.19. The van der Waals surface area contributed by atoms with E-state index in [9.17, 15) is 4.79 Å². The van der Waals surface area contributed by atoms with Gasteiger partial charge in [0, 0.05) is 5.56 Å². The van der Waals surface area contributed by atoms with E-state index in [2.05, 4.69) is 4.99 Å². The second kappa shape index (κ2) is 4.01. The van der Waals surface area contributed by atoms with Crippen LogP contribution in [0.15, 0.2) is 11.1 Å². The molecule has 5 heteroatoms. The van der Waals surface area contributed by atoms with E-state index in [1.165, 1.54) is 0 Å². The van der Waals surface area contributed by atoms with Gasteiger partial charge in [0.05, 0.1) is 10.6 Å². The van der Waals surface area contributed by atoms with Gasteiger partial charge in [0.15, 0.2) is 11.5 Å². The molecule has 0 spiro atoms. The summed E-state index contributed by atoms with van der Waals surface area (Å²) in [7, 11) is 0. The summed E-state index contributed by atoms with van der Waals surface area (Å²) in [5.41, 5.74) is 1.44. The lowest BCUT2D eigenvalue weighted by Gasteiger charge is -2.38. The minimum Gasteiger partial charge on any atom is -0.453 e. The predicted octanol–water partition coefficient (Wildman–Crippen LogP) is 3.09. The molecule has 0 radical (unpaired) electrons. The molecule has 1 saturated carbocycles.